The third-order valence-electron chi connectivity index (χ3n) is 3.64. The van der Waals surface area contributed by atoms with Crippen molar-refractivity contribution in [3.05, 3.63) is 0 Å². The third kappa shape index (κ3) is 2.23. The SMILES string of the molecule is CCC(CC)C(C)(C(C)C)C(F)(F)F. The van der Waals surface area contributed by atoms with Crippen molar-refractivity contribution < 1.29 is 13.2 Å². The fraction of sp³-hybridized carbons (Fsp3) is 1.00. The number of hydrogen-bond acceptors (Lipinski definition) is 0. The van der Waals surface area contributed by atoms with Crippen LogP contribution in [0, 0.1) is 17.3 Å². The second kappa shape index (κ2) is 4.54. The summed E-state index contributed by atoms with van der Waals surface area (Å²) in [4.78, 5) is 0. The van der Waals surface area contributed by atoms with Gasteiger partial charge in [0.05, 0.1) is 5.41 Å². The zero-order chi connectivity index (χ0) is 11.6. The van der Waals surface area contributed by atoms with Crippen LogP contribution in [0.2, 0.25) is 0 Å². The quantitative estimate of drug-likeness (QED) is 0.633. The average Bonchev–Trinajstić information content (AvgIpc) is 2.03. The summed E-state index contributed by atoms with van der Waals surface area (Å²) in [6.45, 7) is 8.34. The van der Waals surface area contributed by atoms with E-state index in [0.717, 1.165) is 0 Å². The first-order valence-electron chi connectivity index (χ1n) is 5.28. The lowest BCUT2D eigenvalue weighted by Crippen LogP contribution is -2.45. The van der Waals surface area contributed by atoms with Crippen LogP contribution in [0.15, 0.2) is 0 Å². The Labute approximate surface area is 84.9 Å². The van der Waals surface area contributed by atoms with Gasteiger partial charge in [0.25, 0.3) is 0 Å². The molecule has 0 amide bonds. The molecule has 0 nitrogen and oxygen atoms in total. The van der Waals surface area contributed by atoms with Crippen LogP contribution >= 0.6 is 0 Å². The zero-order valence-electron chi connectivity index (χ0n) is 9.70. The lowest BCUT2D eigenvalue weighted by Gasteiger charge is -2.42. The van der Waals surface area contributed by atoms with Crippen molar-refractivity contribution in [2.24, 2.45) is 17.3 Å². The fourth-order valence-corrected chi connectivity index (χ4v) is 2.17. The minimum absolute atomic E-state index is 0.275. The molecule has 0 bridgehead atoms. The maximum absolute atomic E-state index is 13.0. The molecule has 0 heterocycles. The molecule has 0 N–H and O–H groups in total. The lowest BCUT2D eigenvalue weighted by molar-refractivity contribution is -0.253. The molecule has 0 aliphatic heterocycles. The van der Waals surface area contributed by atoms with E-state index in [1.54, 1.807) is 13.8 Å². The van der Waals surface area contributed by atoms with Crippen molar-refractivity contribution in [1.29, 1.82) is 0 Å². The summed E-state index contributed by atoms with van der Waals surface area (Å²) in [5.74, 6) is -0.644. The Morgan fingerprint density at radius 3 is 1.43 bits per heavy atom. The first-order valence-corrected chi connectivity index (χ1v) is 5.28. The standard InChI is InChI=1S/C11H21F3/c1-6-9(7-2)10(5,8(3)4)11(12,13)14/h8-9H,6-7H2,1-5H3. The zero-order valence-corrected chi connectivity index (χ0v) is 9.70. The van der Waals surface area contributed by atoms with Crippen LogP contribution < -0.4 is 0 Å². The van der Waals surface area contributed by atoms with E-state index in [4.69, 9.17) is 0 Å². The highest BCUT2D eigenvalue weighted by Gasteiger charge is 2.56. The Bertz CT molecular complexity index is 168. The molecule has 3 heteroatoms. The highest BCUT2D eigenvalue weighted by atomic mass is 19.4. The minimum Gasteiger partial charge on any atom is -0.170 e. The molecule has 0 rings (SSSR count). The predicted octanol–water partition coefficient (Wildman–Crippen LogP) is 4.65. The number of rotatable bonds is 4. The molecule has 86 valence electrons. The molecule has 0 aromatic carbocycles. The highest BCUT2D eigenvalue weighted by molar-refractivity contribution is 4.90. The minimum atomic E-state index is -4.10. The number of halogens is 3. The molecule has 14 heavy (non-hydrogen) atoms. The van der Waals surface area contributed by atoms with E-state index >= 15 is 0 Å². The van der Waals surface area contributed by atoms with Gasteiger partial charge in [-0.25, -0.2) is 0 Å². The number of alkyl halides is 3. The van der Waals surface area contributed by atoms with Crippen molar-refractivity contribution in [3.63, 3.8) is 0 Å². The van der Waals surface area contributed by atoms with E-state index in [0.29, 0.717) is 12.8 Å². The summed E-state index contributed by atoms with van der Waals surface area (Å²) in [6, 6.07) is 0. The number of hydrogen-bond donors (Lipinski definition) is 0. The van der Waals surface area contributed by atoms with Gasteiger partial charge in [-0.1, -0.05) is 47.5 Å². The predicted molar refractivity (Wildman–Crippen MR) is 53.1 cm³/mol. The van der Waals surface area contributed by atoms with Crippen molar-refractivity contribution in [2.75, 3.05) is 0 Å². The van der Waals surface area contributed by atoms with Crippen LogP contribution in [-0.2, 0) is 0 Å². The molecule has 1 atom stereocenters. The topological polar surface area (TPSA) is 0 Å². The molecular formula is C11H21F3. The van der Waals surface area contributed by atoms with E-state index in [1.807, 2.05) is 13.8 Å². The van der Waals surface area contributed by atoms with Gasteiger partial charge in [0.1, 0.15) is 0 Å². The van der Waals surface area contributed by atoms with Crippen LogP contribution in [-0.4, -0.2) is 6.18 Å². The molecule has 1 unspecified atom stereocenters. The molecule has 0 aromatic heterocycles. The van der Waals surface area contributed by atoms with Crippen LogP contribution in [0.4, 0.5) is 13.2 Å². The molecule has 0 aliphatic carbocycles. The molecule has 0 aliphatic rings. The molecule has 0 saturated heterocycles. The smallest absolute Gasteiger partial charge is 0.170 e. The first kappa shape index (κ1) is 13.8. The van der Waals surface area contributed by atoms with Crippen molar-refractivity contribution in [2.45, 2.75) is 53.6 Å². The van der Waals surface area contributed by atoms with Gasteiger partial charge in [0.2, 0.25) is 0 Å². The van der Waals surface area contributed by atoms with Gasteiger partial charge in [-0.3, -0.25) is 0 Å². The summed E-state index contributed by atoms with van der Waals surface area (Å²) in [6.07, 6.45) is -2.92. The summed E-state index contributed by atoms with van der Waals surface area (Å²) in [5, 5.41) is 0. The molecule has 0 fully saturated rings. The Morgan fingerprint density at radius 1 is 1.00 bits per heavy atom. The van der Waals surface area contributed by atoms with E-state index in [2.05, 4.69) is 0 Å². The lowest BCUT2D eigenvalue weighted by atomic mass is 9.66. The van der Waals surface area contributed by atoms with Crippen molar-refractivity contribution in [3.8, 4) is 0 Å². The normalized spacial score (nSPS) is 17.6. The largest absolute Gasteiger partial charge is 0.394 e. The van der Waals surface area contributed by atoms with Gasteiger partial charge in [-0.15, -0.1) is 0 Å². The van der Waals surface area contributed by atoms with E-state index in [9.17, 15) is 13.2 Å². The summed E-state index contributed by atoms with van der Waals surface area (Å²) < 4.78 is 38.9. The van der Waals surface area contributed by atoms with Crippen molar-refractivity contribution in [1.82, 2.24) is 0 Å². The molecule has 0 radical (unpaired) electrons. The van der Waals surface area contributed by atoms with E-state index in [1.165, 1.54) is 6.92 Å². The van der Waals surface area contributed by atoms with Crippen LogP contribution in [0.25, 0.3) is 0 Å². The average molecular weight is 210 g/mol. The molecule has 0 aromatic rings. The summed E-state index contributed by atoms with van der Waals surface area (Å²) >= 11 is 0. The molecule has 0 spiro atoms. The maximum atomic E-state index is 13.0. The Balaban J connectivity index is 5.08. The van der Waals surface area contributed by atoms with Gasteiger partial charge >= 0.3 is 6.18 Å². The fourth-order valence-electron chi connectivity index (χ4n) is 2.17. The van der Waals surface area contributed by atoms with Gasteiger partial charge < -0.3 is 0 Å². The second-order valence-corrected chi connectivity index (χ2v) is 4.45. The maximum Gasteiger partial charge on any atom is 0.394 e. The molecule has 0 saturated carbocycles. The van der Waals surface area contributed by atoms with Crippen LogP contribution in [0.1, 0.15) is 47.5 Å². The van der Waals surface area contributed by atoms with Crippen molar-refractivity contribution >= 4 is 0 Å². The van der Waals surface area contributed by atoms with Gasteiger partial charge in [0.15, 0.2) is 0 Å². The van der Waals surface area contributed by atoms with E-state index < -0.39 is 11.6 Å². The third-order valence-corrected chi connectivity index (χ3v) is 3.64. The Kier molecular flexibility index (Phi) is 4.47. The van der Waals surface area contributed by atoms with Crippen LogP contribution in [0.3, 0.4) is 0 Å². The van der Waals surface area contributed by atoms with Crippen LogP contribution in [0.5, 0.6) is 0 Å². The van der Waals surface area contributed by atoms with E-state index in [-0.39, 0.29) is 11.8 Å². The second-order valence-electron chi connectivity index (χ2n) is 4.45. The highest BCUT2D eigenvalue weighted by Crippen LogP contribution is 2.51. The summed E-state index contributed by atoms with van der Waals surface area (Å²) in [5.41, 5.74) is -1.55. The summed E-state index contributed by atoms with van der Waals surface area (Å²) in [7, 11) is 0. The molecular weight excluding hydrogens is 189 g/mol. The first-order chi connectivity index (χ1) is 6.21. The van der Waals surface area contributed by atoms with Gasteiger partial charge in [-0.2, -0.15) is 13.2 Å². The van der Waals surface area contributed by atoms with Gasteiger partial charge in [0, 0.05) is 0 Å². The van der Waals surface area contributed by atoms with Gasteiger partial charge in [-0.05, 0) is 11.8 Å². The monoisotopic (exact) mass is 210 g/mol. The Morgan fingerprint density at radius 2 is 1.36 bits per heavy atom. The Hall–Kier alpha value is -0.210.